The second-order valence-corrected chi connectivity index (χ2v) is 4.58. The topological polar surface area (TPSA) is 43.8 Å². The smallest absolute Gasteiger partial charge is 0.158 e. The van der Waals surface area contributed by atoms with Gasteiger partial charge in [0.1, 0.15) is 0 Å². The Labute approximate surface area is 100 Å². The molecule has 2 rings (SSSR count). The number of nitrogens with zero attached hydrogens (tertiary/aromatic N) is 2. The highest BCUT2D eigenvalue weighted by atomic mass is 35.5. The average Bonchev–Trinajstić information content (AvgIpc) is 2.57. The SMILES string of the molecule is CC(C)n1nc(Cl)c2cc(CCN)ccc21. The Balaban J connectivity index is 2.57. The second-order valence-electron chi connectivity index (χ2n) is 4.22. The summed E-state index contributed by atoms with van der Waals surface area (Å²) < 4.78 is 1.95. The van der Waals surface area contributed by atoms with E-state index in [1.165, 1.54) is 5.56 Å². The van der Waals surface area contributed by atoms with Crippen molar-refractivity contribution >= 4 is 22.5 Å². The Bertz CT molecular complexity index is 502. The molecule has 3 nitrogen and oxygen atoms in total. The Morgan fingerprint density at radius 3 is 2.81 bits per heavy atom. The molecule has 86 valence electrons. The van der Waals surface area contributed by atoms with E-state index < -0.39 is 0 Å². The molecule has 1 aromatic carbocycles. The first-order valence-corrected chi connectivity index (χ1v) is 5.88. The van der Waals surface area contributed by atoms with Crippen LogP contribution in [0.4, 0.5) is 0 Å². The fraction of sp³-hybridized carbons (Fsp3) is 0.417. The number of fused-ring (bicyclic) bond motifs is 1. The number of nitrogens with two attached hydrogens (primary N) is 1. The molecule has 0 bridgehead atoms. The van der Waals surface area contributed by atoms with Crippen molar-refractivity contribution in [3.8, 4) is 0 Å². The fourth-order valence-electron chi connectivity index (χ4n) is 1.87. The Morgan fingerprint density at radius 2 is 2.19 bits per heavy atom. The lowest BCUT2D eigenvalue weighted by Crippen LogP contribution is -2.03. The van der Waals surface area contributed by atoms with E-state index in [0.717, 1.165) is 17.3 Å². The largest absolute Gasteiger partial charge is 0.330 e. The van der Waals surface area contributed by atoms with Gasteiger partial charge in [0.05, 0.1) is 5.52 Å². The monoisotopic (exact) mass is 237 g/mol. The zero-order chi connectivity index (χ0) is 11.7. The van der Waals surface area contributed by atoms with Crippen LogP contribution < -0.4 is 5.73 Å². The molecule has 0 spiro atoms. The van der Waals surface area contributed by atoms with Gasteiger partial charge in [0, 0.05) is 11.4 Å². The molecule has 0 unspecified atom stereocenters. The van der Waals surface area contributed by atoms with Crippen molar-refractivity contribution in [1.82, 2.24) is 9.78 Å². The summed E-state index contributed by atoms with van der Waals surface area (Å²) in [6.07, 6.45) is 0.874. The molecule has 0 aliphatic carbocycles. The van der Waals surface area contributed by atoms with E-state index in [1.807, 2.05) is 4.68 Å². The zero-order valence-corrected chi connectivity index (χ0v) is 10.3. The van der Waals surface area contributed by atoms with E-state index in [2.05, 4.69) is 37.1 Å². The van der Waals surface area contributed by atoms with Crippen LogP contribution in [-0.2, 0) is 6.42 Å². The number of hydrogen-bond donors (Lipinski definition) is 1. The summed E-state index contributed by atoms with van der Waals surface area (Å²) in [5.41, 5.74) is 7.83. The van der Waals surface area contributed by atoms with Gasteiger partial charge >= 0.3 is 0 Å². The average molecular weight is 238 g/mol. The Morgan fingerprint density at radius 1 is 1.44 bits per heavy atom. The van der Waals surface area contributed by atoms with Crippen LogP contribution in [0.25, 0.3) is 10.9 Å². The lowest BCUT2D eigenvalue weighted by Gasteiger charge is -2.07. The molecular weight excluding hydrogens is 222 g/mol. The van der Waals surface area contributed by atoms with Gasteiger partial charge in [0.15, 0.2) is 5.15 Å². The summed E-state index contributed by atoms with van der Waals surface area (Å²) in [5.74, 6) is 0. The maximum Gasteiger partial charge on any atom is 0.158 e. The quantitative estimate of drug-likeness (QED) is 0.892. The van der Waals surface area contributed by atoms with Crippen molar-refractivity contribution in [2.45, 2.75) is 26.3 Å². The van der Waals surface area contributed by atoms with Crippen LogP contribution in [-0.4, -0.2) is 16.3 Å². The van der Waals surface area contributed by atoms with Crippen molar-refractivity contribution in [1.29, 1.82) is 0 Å². The van der Waals surface area contributed by atoms with Gasteiger partial charge in [-0.2, -0.15) is 5.10 Å². The number of rotatable bonds is 3. The summed E-state index contributed by atoms with van der Waals surface area (Å²) >= 11 is 6.13. The van der Waals surface area contributed by atoms with Crippen LogP contribution >= 0.6 is 11.6 Å². The van der Waals surface area contributed by atoms with E-state index in [0.29, 0.717) is 17.7 Å². The van der Waals surface area contributed by atoms with Gasteiger partial charge in [-0.05, 0) is 44.5 Å². The summed E-state index contributed by atoms with van der Waals surface area (Å²) in [6, 6.07) is 6.55. The third-order valence-electron chi connectivity index (χ3n) is 2.65. The molecule has 2 N–H and O–H groups in total. The number of benzene rings is 1. The maximum atomic E-state index is 6.13. The predicted octanol–water partition coefficient (Wildman–Crippen LogP) is 2.77. The van der Waals surface area contributed by atoms with Crippen molar-refractivity contribution < 1.29 is 0 Å². The van der Waals surface area contributed by atoms with Crippen LogP contribution in [0.1, 0.15) is 25.5 Å². The van der Waals surface area contributed by atoms with E-state index in [1.54, 1.807) is 0 Å². The molecule has 0 aliphatic heterocycles. The molecule has 0 radical (unpaired) electrons. The first-order chi connectivity index (χ1) is 7.63. The molecule has 0 saturated carbocycles. The van der Waals surface area contributed by atoms with Crippen LogP contribution in [0, 0.1) is 0 Å². The molecule has 0 atom stereocenters. The highest BCUT2D eigenvalue weighted by molar-refractivity contribution is 6.34. The number of hydrogen-bond acceptors (Lipinski definition) is 2. The highest BCUT2D eigenvalue weighted by Crippen LogP contribution is 2.26. The van der Waals surface area contributed by atoms with Crippen molar-refractivity contribution in [2.24, 2.45) is 5.73 Å². The molecule has 1 aromatic heterocycles. The summed E-state index contributed by atoms with van der Waals surface area (Å²) in [5, 5.41) is 5.93. The molecule has 16 heavy (non-hydrogen) atoms. The molecule has 4 heteroatoms. The van der Waals surface area contributed by atoms with E-state index >= 15 is 0 Å². The minimum absolute atomic E-state index is 0.315. The van der Waals surface area contributed by atoms with Crippen molar-refractivity contribution in [3.63, 3.8) is 0 Å². The van der Waals surface area contributed by atoms with Crippen molar-refractivity contribution in [2.75, 3.05) is 6.54 Å². The molecule has 0 amide bonds. The van der Waals surface area contributed by atoms with Gasteiger partial charge in [-0.25, -0.2) is 0 Å². The Kier molecular flexibility index (Phi) is 3.17. The zero-order valence-electron chi connectivity index (χ0n) is 9.57. The fourth-order valence-corrected chi connectivity index (χ4v) is 2.10. The van der Waals surface area contributed by atoms with Gasteiger partial charge in [0.25, 0.3) is 0 Å². The predicted molar refractivity (Wildman–Crippen MR) is 67.9 cm³/mol. The number of aromatic nitrogens is 2. The normalized spacial score (nSPS) is 11.6. The lowest BCUT2D eigenvalue weighted by molar-refractivity contribution is 0.551. The van der Waals surface area contributed by atoms with Gasteiger partial charge < -0.3 is 5.73 Å². The van der Waals surface area contributed by atoms with Gasteiger partial charge in [-0.1, -0.05) is 17.7 Å². The first kappa shape index (κ1) is 11.4. The summed E-state index contributed by atoms with van der Waals surface area (Å²) in [6.45, 7) is 4.84. The minimum Gasteiger partial charge on any atom is -0.330 e. The van der Waals surface area contributed by atoms with Gasteiger partial charge in [-0.3, -0.25) is 4.68 Å². The minimum atomic E-state index is 0.315. The second kappa shape index (κ2) is 4.44. The molecule has 0 fully saturated rings. The third-order valence-corrected chi connectivity index (χ3v) is 2.93. The van der Waals surface area contributed by atoms with E-state index in [-0.39, 0.29) is 0 Å². The van der Waals surface area contributed by atoms with Crippen LogP contribution in [0.2, 0.25) is 5.15 Å². The molecule has 1 heterocycles. The summed E-state index contributed by atoms with van der Waals surface area (Å²) in [7, 11) is 0. The van der Waals surface area contributed by atoms with Crippen LogP contribution in [0.15, 0.2) is 18.2 Å². The van der Waals surface area contributed by atoms with Gasteiger partial charge in [-0.15, -0.1) is 0 Å². The molecular formula is C12H16ClN3. The van der Waals surface area contributed by atoms with E-state index in [9.17, 15) is 0 Å². The molecule has 0 aliphatic rings. The van der Waals surface area contributed by atoms with Crippen molar-refractivity contribution in [3.05, 3.63) is 28.9 Å². The highest BCUT2D eigenvalue weighted by Gasteiger charge is 2.11. The molecule has 2 aromatic rings. The number of halogens is 1. The first-order valence-electron chi connectivity index (χ1n) is 5.50. The van der Waals surface area contributed by atoms with Crippen LogP contribution in [0.3, 0.4) is 0 Å². The lowest BCUT2D eigenvalue weighted by atomic mass is 10.1. The summed E-state index contributed by atoms with van der Waals surface area (Å²) in [4.78, 5) is 0. The van der Waals surface area contributed by atoms with Crippen LogP contribution in [0.5, 0.6) is 0 Å². The standard InChI is InChI=1S/C12H16ClN3/c1-8(2)16-11-4-3-9(5-6-14)7-10(11)12(13)15-16/h3-4,7-8H,5-6,14H2,1-2H3. The third kappa shape index (κ3) is 1.93. The van der Waals surface area contributed by atoms with Gasteiger partial charge in [0.2, 0.25) is 0 Å². The Hall–Kier alpha value is -1.06. The van der Waals surface area contributed by atoms with E-state index in [4.69, 9.17) is 17.3 Å². The molecule has 0 saturated heterocycles. The maximum absolute atomic E-state index is 6.13.